The van der Waals surface area contributed by atoms with Crippen molar-refractivity contribution in [2.75, 3.05) is 13.7 Å². The minimum atomic E-state index is 0.500. The van der Waals surface area contributed by atoms with Crippen molar-refractivity contribution in [3.63, 3.8) is 0 Å². The first-order valence-corrected chi connectivity index (χ1v) is 9.34. The van der Waals surface area contributed by atoms with Crippen LogP contribution in [-0.2, 0) is 11.2 Å². The minimum absolute atomic E-state index is 0.500. The average Bonchev–Trinajstić information content (AvgIpc) is 2.72. The summed E-state index contributed by atoms with van der Waals surface area (Å²) in [5, 5.41) is 5.50. The highest BCUT2D eigenvalue weighted by molar-refractivity contribution is 5.91. The SMILES string of the molecule is C=C(CNC(=C)c1nc(CC)c2cc(Oc3ccccc3)ccc2c1C)OC. The first-order valence-electron chi connectivity index (χ1n) is 9.34. The Bertz CT molecular complexity index is 1010. The third kappa shape index (κ3) is 4.17. The number of ether oxygens (including phenoxy) is 2. The minimum Gasteiger partial charge on any atom is -0.500 e. The number of para-hydroxylation sites is 1. The molecule has 144 valence electrons. The topological polar surface area (TPSA) is 43.4 Å². The van der Waals surface area contributed by atoms with Crippen molar-refractivity contribution in [2.24, 2.45) is 0 Å². The van der Waals surface area contributed by atoms with E-state index >= 15 is 0 Å². The maximum atomic E-state index is 6.00. The Morgan fingerprint density at radius 2 is 1.79 bits per heavy atom. The zero-order valence-electron chi connectivity index (χ0n) is 16.7. The molecule has 4 nitrogen and oxygen atoms in total. The van der Waals surface area contributed by atoms with Gasteiger partial charge in [0.15, 0.2) is 0 Å². The van der Waals surface area contributed by atoms with Gasteiger partial charge in [0, 0.05) is 11.1 Å². The first-order chi connectivity index (χ1) is 13.5. The highest BCUT2D eigenvalue weighted by atomic mass is 16.5. The van der Waals surface area contributed by atoms with E-state index in [9.17, 15) is 0 Å². The van der Waals surface area contributed by atoms with Crippen molar-refractivity contribution in [1.29, 1.82) is 0 Å². The summed E-state index contributed by atoms with van der Waals surface area (Å²) in [7, 11) is 1.61. The summed E-state index contributed by atoms with van der Waals surface area (Å²) in [6, 6.07) is 15.9. The van der Waals surface area contributed by atoms with Gasteiger partial charge in [0.05, 0.1) is 25.0 Å². The van der Waals surface area contributed by atoms with Gasteiger partial charge in [0.25, 0.3) is 0 Å². The Morgan fingerprint density at radius 1 is 1.04 bits per heavy atom. The van der Waals surface area contributed by atoms with Gasteiger partial charge in [-0.3, -0.25) is 4.98 Å². The van der Waals surface area contributed by atoms with Gasteiger partial charge in [-0.15, -0.1) is 0 Å². The molecule has 0 bridgehead atoms. The van der Waals surface area contributed by atoms with Crippen LogP contribution in [0.4, 0.5) is 0 Å². The smallest absolute Gasteiger partial charge is 0.128 e. The molecule has 0 saturated carbocycles. The molecule has 0 atom stereocenters. The summed E-state index contributed by atoms with van der Waals surface area (Å²) in [5.41, 5.74) is 3.73. The predicted molar refractivity (Wildman–Crippen MR) is 116 cm³/mol. The molecule has 0 unspecified atom stereocenters. The van der Waals surface area contributed by atoms with E-state index in [4.69, 9.17) is 14.5 Å². The van der Waals surface area contributed by atoms with Crippen LogP contribution >= 0.6 is 0 Å². The maximum Gasteiger partial charge on any atom is 0.128 e. The first kappa shape index (κ1) is 19.5. The average molecular weight is 374 g/mol. The number of methoxy groups -OCH3 is 1. The molecule has 1 N–H and O–H groups in total. The second-order valence-electron chi connectivity index (χ2n) is 6.58. The van der Waals surface area contributed by atoms with Gasteiger partial charge >= 0.3 is 0 Å². The monoisotopic (exact) mass is 374 g/mol. The molecule has 0 aliphatic heterocycles. The second kappa shape index (κ2) is 8.61. The number of aryl methyl sites for hydroxylation is 2. The van der Waals surface area contributed by atoms with Crippen LogP contribution in [0.15, 0.2) is 67.4 Å². The third-order valence-electron chi connectivity index (χ3n) is 4.70. The number of fused-ring (bicyclic) bond motifs is 1. The van der Waals surface area contributed by atoms with Gasteiger partial charge < -0.3 is 14.8 Å². The van der Waals surface area contributed by atoms with Gasteiger partial charge in [0.1, 0.15) is 17.3 Å². The molecule has 0 spiro atoms. The molecule has 2 aromatic carbocycles. The van der Waals surface area contributed by atoms with Crippen LogP contribution in [0.5, 0.6) is 11.5 Å². The van der Waals surface area contributed by atoms with Crippen molar-refractivity contribution in [3.05, 3.63) is 84.4 Å². The van der Waals surface area contributed by atoms with E-state index in [0.29, 0.717) is 12.3 Å². The number of nitrogens with zero attached hydrogens (tertiary/aromatic N) is 1. The van der Waals surface area contributed by atoms with Crippen LogP contribution in [0.1, 0.15) is 23.9 Å². The van der Waals surface area contributed by atoms with Gasteiger partial charge in [-0.05, 0) is 48.6 Å². The molecule has 0 aliphatic rings. The summed E-state index contributed by atoms with van der Waals surface area (Å²) in [5.74, 6) is 2.27. The van der Waals surface area contributed by atoms with Crippen molar-refractivity contribution < 1.29 is 9.47 Å². The van der Waals surface area contributed by atoms with Crippen LogP contribution in [0.2, 0.25) is 0 Å². The van der Waals surface area contributed by atoms with Gasteiger partial charge in [-0.25, -0.2) is 0 Å². The number of nitrogens with one attached hydrogen (secondary N) is 1. The van der Waals surface area contributed by atoms with E-state index < -0.39 is 0 Å². The molecule has 4 heteroatoms. The van der Waals surface area contributed by atoms with Gasteiger partial charge in [-0.2, -0.15) is 0 Å². The lowest BCUT2D eigenvalue weighted by Crippen LogP contribution is -2.17. The van der Waals surface area contributed by atoms with Crippen LogP contribution in [-0.4, -0.2) is 18.6 Å². The van der Waals surface area contributed by atoms with Crippen LogP contribution < -0.4 is 10.1 Å². The molecule has 0 amide bonds. The van der Waals surface area contributed by atoms with E-state index in [-0.39, 0.29) is 0 Å². The Labute approximate surface area is 166 Å². The van der Waals surface area contributed by atoms with E-state index in [1.165, 1.54) is 0 Å². The fourth-order valence-electron chi connectivity index (χ4n) is 3.11. The fourth-order valence-corrected chi connectivity index (χ4v) is 3.11. The van der Waals surface area contributed by atoms with Crippen molar-refractivity contribution in [3.8, 4) is 11.5 Å². The largest absolute Gasteiger partial charge is 0.500 e. The van der Waals surface area contributed by atoms with E-state index in [1.54, 1.807) is 7.11 Å². The number of pyridine rings is 1. The highest BCUT2D eigenvalue weighted by Crippen LogP contribution is 2.31. The Kier molecular flexibility index (Phi) is 5.99. The molecular formula is C24H26N2O2. The molecule has 0 radical (unpaired) electrons. The van der Waals surface area contributed by atoms with Gasteiger partial charge in [0.2, 0.25) is 0 Å². The summed E-state index contributed by atoms with van der Waals surface area (Å²) >= 11 is 0. The normalized spacial score (nSPS) is 10.5. The lowest BCUT2D eigenvalue weighted by molar-refractivity contribution is 0.285. The number of hydrogen-bond donors (Lipinski definition) is 1. The number of rotatable bonds is 8. The van der Waals surface area contributed by atoms with E-state index in [2.05, 4.69) is 44.5 Å². The van der Waals surface area contributed by atoms with Crippen molar-refractivity contribution in [2.45, 2.75) is 20.3 Å². The quantitative estimate of drug-likeness (QED) is 0.520. The number of aromatic nitrogens is 1. The van der Waals surface area contributed by atoms with Crippen LogP contribution in [0, 0.1) is 6.92 Å². The van der Waals surface area contributed by atoms with E-state index in [1.807, 2.05) is 36.4 Å². The third-order valence-corrected chi connectivity index (χ3v) is 4.70. The molecule has 0 aliphatic carbocycles. The molecule has 3 rings (SSSR count). The molecule has 0 fully saturated rings. The Morgan fingerprint density at radius 3 is 2.46 bits per heavy atom. The second-order valence-corrected chi connectivity index (χ2v) is 6.58. The maximum absolute atomic E-state index is 6.00. The molecule has 0 saturated heterocycles. The molecular weight excluding hydrogens is 348 g/mol. The van der Waals surface area contributed by atoms with Crippen molar-refractivity contribution >= 4 is 16.5 Å². The molecule has 28 heavy (non-hydrogen) atoms. The summed E-state index contributed by atoms with van der Waals surface area (Å²) in [6.45, 7) is 12.7. The summed E-state index contributed by atoms with van der Waals surface area (Å²) < 4.78 is 11.1. The van der Waals surface area contributed by atoms with Crippen LogP contribution in [0.3, 0.4) is 0 Å². The highest BCUT2D eigenvalue weighted by Gasteiger charge is 2.14. The number of hydrogen-bond acceptors (Lipinski definition) is 4. The van der Waals surface area contributed by atoms with E-state index in [0.717, 1.165) is 51.3 Å². The number of benzene rings is 2. The molecule has 1 aromatic heterocycles. The Hall–Kier alpha value is -3.27. The lowest BCUT2D eigenvalue weighted by atomic mass is 10.00. The Balaban J connectivity index is 1.96. The predicted octanol–water partition coefficient (Wildman–Crippen LogP) is 5.62. The van der Waals surface area contributed by atoms with Gasteiger partial charge in [-0.1, -0.05) is 44.3 Å². The summed E-state index contributed by atoms with van der Waals surface area (Å²) in [4.78, 5) is 4.88. The fraction of sp³-hybridized carbons (Fsp3) is 0.208. The zero-order chi connectivity index (χ0) is 20.1. The van der Waals surface area contributed by atoms with Crippen LogP contribution in [0.25, 0.3) is 16.5 Å². The molecule has 1 heterocycles. The lowest BCUT2D eigenvalue weighted by Gasteiger charge is -2.17. The summed E-state index contributed by atoms with van der Waals surface area (Å²) in [6.07, 6.45) is 0.816. The van der Waals surface area contributed by atoms with Crippen molar-refractivity contribution in [1.82, 2.24) is 10.3 Å². The molecule has 3 aromatic rings. The standard InChI is InChI=1S/C24H26N2O2/c1-6-23-22-14-20(28-19-10-8-7-9-11-19)12-13-21(22)17(3)24(26-23)18(4)25-15-16(2)27-5/h7-14,25H,2,4,6,15H2,1,3,5H3. The zero-order valence-corrected chi connectivity index (χ0v) is 16.7.